The van der Waals surface area contributed by atoms with Gasteiger partial charge in [0.05, 0.1) is 12.7 Å². The van der Waals surface area contributed by atoms with Crippen LogP contribution in [0.2, 0.25) is 5.02 Å². The van der Waals surface area contributed by atoms with Crippen LogP contribution in [0, 0.1) is 13.8 Å². The summed E-state index contributed by atoms with van der Waals surface area (Å²) in [7, 11) is 1.57. The van der Waals surface area contributed by atoms with Crippen molar-refractivity contribution in [3.05, 3.63) is 63.7 Å². The summed E-state index contributed by atoms with van der Waals surface area (Å²) >= 11 is 6.18. The molecular weight excluding hydrogens is 272 g/mol. The summed E-state index contributed by atoms with van der Waals surface area (Å²) in [6.45, 7) is 3.93. The minimum atomic E-state index is 0.0105. The Morgan fingerprint density at radius 2 is 1.75 bits per heavy atom. The van der Waals surface area contributed by atoms with Crippen LogP contribution in [0.5, 0.6) is 5.75 Å². The molecular formula is C17H17ClO2. The maximum atomic E-state index is 12.4. The predicted molar refractivity (Wildman–Crippen MR) is 82.0 cm³/mol. The van der Waals surface area contributed by atoms with Gasteiger partial charge in [0.15, 0.2) is 5.78 Å². The highest BCUT2D eigenvalue weighted by Gasteiger charge is 2.14. The van der Waals surface area contributed by atoms with Crippen molar-refractivity contribution in [2.24, 2.45) is 0 Å². The molecule has 20 heavy (non-hydrogen) atoms. The summed E-state index contributed by atoms with van der Waals surface area (Å²) in [5.74, 6) is 0.611. The fraction of sp³-hybridized carbons (Fsp3) is 0.235. The van der Waals surface area contributed by atoms with Crippen LogP contribution in [0.15, 0.2) is 36.4 Å². The average molecular weight is 289 g/mol. The Bertz CT molecular complexity index is 647. The molecule has 2 aromatic carbocycles. The first-order chi connectivity index (χ1) is 9.51. The van der Waals surface area contributed by atoms with E-state index in [0.29, 0.717) is 16.3 Å². The number of ether oxygens (including phenoxy) is 1. The Kier molecular flexibility index (Phi) is 4.46. The Balaban J connectivity index is 2.30. The average Bonchev–Trinajstić information content (AvgIpc) is 2.41. The molecule has 0 aliphatic heterocycles. The predicted octanol–water partition coefficient (Wildman–Crippen LogP) is 4.39. The lowest BCUT2D eigenvalue weighted by atomic mass is 10.00. The van der Waals surface area contributed by atoms with Crippen molar-refractivity contribution in [3.8, 4) is 5.75 Å². The lowest BCUT2D eigenvalue weighted by molar-refractivity contribution is 0.0990. The molecule has 0 saturated heterocycles. The third kappa shape index (κ3) is 3.20. The highest BCUT2D eigenvalue weighted by molar-refractivity contribution is 6.31. The topological polar surface area (TPSA) is 26.3 Å². The maximum absolute atomic E-state index is 12.4. The summed E-state index contributed by atoms with van der Waals surface area (Å²) in [6.07, 6.45) is 0.277. The van der Waals surface area contributed by atoms with Gasteiger partial charge in [0.25, 0.3) is 0 Å². The molecule has 2 nitrogen and oxygen atoms in total. The molecule has 0 unspecified atom stereocenters. The molecule has 2 aromatic rings. The van der Waals surface area contributed by atoms with Gasteiger partial charge in [-0.25, -0.2) is 0 Å². The molecule has 3 heteroatoms. The van der Waals surface area contributed by atoms with E-state index in [9.17, 15) is 4.79 Å². The van der Waals surface area contributed by atoms with Crippen molar-refractivity contribution in [3.63, 3.8) is 0 Å². The van der Waals surface area contributed by atoms with Gasteiger partial charge in [0.2, 0.25) is 0 Å². The lowest BCUT2D eigenvalue weighted by Gasteiger charge is -2.10. The molecule has 0 amide bonds. The molecule has 104 valence electrons. The summed E-state index contributed by atoms with van der Waals surface area (Å²) in [4.78, 5) is 12.4. The zero-order chi connectivity index (χ0) is 14.7. The quantitative estimate of drug-likeness (QED) is 0.780. The largest absolute Gasteiger partial charge is 0.496 e. The normalized spacial score (nSPS) is 10.4. The van der Waals surface area contributed by atoms with Gasteiger partial charge in [0.1, 0.15) is 5.75 Å². The van der Waals surface area contributed by atoms with E-state index >= 15 is 0 Å². The molecule has 0 saturated carbocycles. The molecule has 0 spiro atoms. The van der Waals surface area contributed by atoms with Crippen molar-refractivity contribution in [1.29, 1.82) is 0 Å². The molecule has 0 aromatic heterocycles. The molecule has 0 aliphatic carbocycles. The second kappa shape index (κ2) is 6.10. The Hall–Kier alpha value is -1.80. The van der Waals surface area contributed by atoms with E-state index in [1.54, 1.807) is 7.11 Å². The number of aryl methyl sites for hydroxylation is 2. The number of halogens is 1. The van der Waals surface area contributed by atoms with Gasteiger partial charge in [-0.05, 0) is 43.2 Å². The van der Waals surface area contributed by atoms with Gasteiger partial charge in [0, 0.05) is 11.4 Å². The zero-order valence-electron chi connectivity index (χ0n) is 11.9. The van der Waals surface area contributed by atoms with Crippen molar-refractivity contribution < 1.29 is 9.53 Å². The van der Waals surface area contributed by atoms with Gasteiger partial charge < -0.3 is 4.74 Å². The standard InChI is InChI=1S/C17H17ClO2/c1-11-5-7-17(20-3)14(8-11)16(19)10-13-6-4-12(2)9-15(13)18/h4-9H,10H2,1-3H3. The van der Waals surface area contributed by atoms with Crippen LogP contribution in [0.25, 0.3) is 0 Å². The van der Waals surface area contributed by atoms with Crippen LogP contribution in [-0.4, -0.2) is 12.9 Å². The Labute approximate surface area is 124 Å². The number of Topliss-reactive ketones (excluding diaryl/α,β-unsaturated/α-hetero) is 1. The third-order valence-corrected chi connectivity index (χ3v) is 3.57. The first kappa shape index (κ1) is 14.6. The van der Waals surface area contributed by atoms with E-state index in [1.165, 1.54) is 0 Å². The smallest absolute Gasteiger partial charge is 0.171 e. The number of benzene rings is 2. The van der Waals surface area contributed by atoms with Gasteiger partial charge in [-0.3, -0.25) is 4.79 Å². The van der Waals surface area contributed by atoms with E-state index in [-0.39, 0.29) is 12.2 Å². The van der Waals surface area contributed by atoms with Crippen molar-refractivity contribution in [2.75, 3.05) is 7.11 Å². The fourth-order valence-corrected chi connectivity index (χ4v) is 2.41. The van der Waals surface area contributed by atoms with E-state index in [1.807, 2.05) is 50.2 Å². The molecule has 0 N–H and O–H groups in total. The Morgan fingerprint density at radius 1 is 1.10 bits per heavy atom. The van der Waals surface area contributed by atoms with Crippen LogP contribution in [0.1, 0.15) is 27.0 Å². The number of rotatable bonds is 4. The number of carbonyl (C=O) groups is 1. The summed E-state index contributed by atoms with van der Waals surface area (Å²) in [5, 5.41) is 0.630. The maximum Gasteiger partial charge on any atom is 0.171 e. The molecule has 0 aliphatic rings. The summed E-state index contributed by atoms with van der Waals surface area (Å²) in [6, 6.07) is 11.3. The number of hydrogen-bond donors (Lipinski definition) is 0. The summed E-state index contributed by atoms with van der Waals surface area (Å²) < 4.78 is 5.25. The van der Waals surface area contributed by atoms with Crippen LogP contribution >= 0.6 is 11.6 Å². The van der Waals surface area contributed by atoms with Crippen LogP contribution < -0.4 is 4.74 Å². The number of carbonyl (C=O) groups excluding carboxylic acids is 1. The summed E-state index contributed by atoms with van der Waals surface area (Å²) in [5.41, 5.74) is 3.55. The first-order valence-corrected chi connectivity index (χ1v) is 6.82. The first-order valence-electron chi connectivity index (χ1n) is 6.44. The molecule has 0 fully saturated rings. The van der Waals surface area contributed by atoms with E-state index < -0.39 is 0 Å². The van der Waals surface area contributed by atoms with E-state index in [0.717, 1.165) is 16.7 Å². The van der Waals surface area contributed by atoms with Crippen LogP contribution in [-0.2, 0) is 6.42 Å². The van der Waals surface area contributed by atoms with Gasteiger partial charge >= 0.3 is 0 Å². The minimum Gasteiger partial charge on any atom is -0.496 e. The number of ketones is 1. The molecule has 0 atom stereocenters. The monoisotopic (exact) mass is 288 g/mol. The second-order valence-electron chi connectivity index (χ2n) is 4.90. The zero-order valence-corrected chi connectivity index (χ0v) is 12.6. The van der Waals surface area contributed by atoms with E-state index in [4.69, 9.17) is 16.3 Å². The minimum absolute atomic E-state index is 0.0105. The van der Waals surface area contributed by atoms with Crippen molar-refractivity contribution in [2.45, 2.75) is 20.3 Å². The number of hydrogen-bond acceptors (Lipinski definition) is 2. The molecule has 0 radical (unpaired) electrons. The van der Waals surface area contributed by atoms with Crippen molar-refractivity contribution >= 4 is 17.4 Å². The highest BCUT2D eigenvalue weighted by Crippen LogP contribution is 2.24. The van der Waals surface area contributed by atoms with Gasteiger partial charge in [-0.2, -0.15) is 0 Å². The van der Waals surface area contributed by atoms with Crippen LogP contribution in [0.4, 0.5) is 0 Å². The van der Waals surface area contributed by atoms with E-state index in [2.05, 4.69) is 0 Å². The highest BCUT2D eigenvalue weighted by atomic mass is 35.5. The SMILES string of the molecule is COc1ccc(C)cc1C(=O)Cc1ccc(C)cc1Cl. The molecule has 2 rings (SSSR count). The fourth-order valence-electron chi connectivity index (χ4n) is 2.10. The number of methoxy groups -OCH3 is 1. The van der Waals surface area contributed by atoms with Crippen molar-refractivity contribution in [1.82, 2.24) is 0 Å². The Morgan fingerprint density at radius 3 is 2.40 bits per heavy atom. The van der Waals surface area contributed by atoms with Crippen LogP contribution in [0.3, 0.4) is 0 Å². The molecule has 0 bridgehead atoms. The molecule has 0 heterocycles. The van der Waals surface area contributed by atoms with Gasteiger partial charge in [-0.1, -0.05) is 35.4 Å². The second-order valence-corrected chi connectivity index (χ2v) is 5.31. The lowest BCUT2D eigenvalue weighted by Crippen LogP contribution is -2.06. The third-order valence-electron chi connectivity index (χ3n) is 3.21. The van der Waals surface area contributed by atoms with Gasteiger partial charge in [-0.15, -0.1) is 0 Å².